The summed E-state index contributed by atoms with van der Waals surface area (Å²) in [6, 6.07) is 40.5. The molecule has 234 valence electrons. The molecule has 0 saturated carbocycles. The molecule has 7 rings (SSSR count). The van der Waals surface area contributed by atoms with Crippen LogP contribution in [0.25, 0.3) is 38.6 Å². The van der Waals surface area contributed by atoms with Crippen LogP contribution in [0.15, 0.2) is 146 Å². The molecule has 0 N–H and O–H groups in total. The summed E-state index contributed by atoms with van der Waals surface area (Å²) in [6.45, 7) is 18.2. The molecule has 0 fully saturated rings. The summed E-state index contributed by atoms with van der Waals surface area (Å²) in [4.78, 5) is 2.30. The van der Waals surface area contributed by atoms with Crippen molar-refractivity contribution in [2.24, 2.45) is 0 Å². The second kappa shape index (κ2) is 11.6. The summed E-state index contributed by atoms with van der Waals surface area (Å²) in [5, 5.41) is 2.58. The van der Waals surface area contributed by atoms with Crippen molar-refractivity contribution in [2.75, 3.05) is 4.90 Å². The topological polar surface area (TPSA) is 8.17 Å². The van der Waals surface area contributed by atoms with Gasteiger partial charge in [0.25, 0.3) is 0 Å². The van der Waals surface area contributed by atoms with Gasteiger partial charge >= 0.3 is 0 Å². The van der Waals surface area contributed by atoms with E-state index in [4.69, 9.17) is 0 Å². The average Bonchev–Trinajstić information content (AvgIpc) is 3.41. The fourth-order valence-corrected chi connectivity index (χ4v) is 6.77. The van der Waals surface area contributed by atoms with E-state index in [-0.39, 0.29) is 10.8 Å². The van der Waals surface area contributed by atoms with E-state index in [2.05, 4.69) is 191 Å². The summed E-state index contributed by atoms with van der Waals surface area (Å²) in [7, 11) is 0. The van der Waals surface area contributed by atoms with Crippen LogP contribution in [0.5, 0.6) is 0 Å². The lowest BCUT2D eigenvalue weighted by Crippen LogP contribution is -2.18. The van der Waals surface area contributed by atoms with E-state index in [1.807, 2.05) is 0 Å². The monoisotopic (exact) mass is 612 g/mol. The standard InChI is InChI=1S/C45H44N2/c1-31-15-9-8-10-16-34-27-35(44(2,3)4)23-25-41(34)46(31)37-19-13-17-32(28-37)33-18-14-20-38(29-33)47-42-22-12-11-21-39(42)40-30-36(45(5,6)7)24-26-43(40)47/h8-15,17-30H,1,16H2,2-7H3/b10-8-,15-9-. The van der Waals surface area contributed by atoms with Gasteiger partial charge in [-0.25, -0.2) is 0 Å². The lowest BCUT2D eigenvalue weighted by atomic mass is 9.85. The number of fused-ring (bicyclic) bond motifs is 4. The molecule has 47 heavy (non-hydrogen) atoms. The highest BCUT2D eigenvalue weighted by molar-refractivity contribution is 6.09. The van der Waals surface area contributed by atoms with Crippen LogP contribution in [0.3, 0.4) is 0 Å². The maximum atomic E-state index is 4.52. The minimum Gasteiger partial charge on any atom is -0.311 e. The smallest absolute Gasteiger partial charge is 0.0541 e. The molecule has 0 aliphatic carbocycles. The zero-order chi connectivity index (χ0) is 32.9. The Kier molecular flexibility index (Phi) is 7.56. The zero-order valence-corrected chi connectivity index (χ0v) is 28.5. The van der Waals surface area contributed by atoms with Crippen molar-refractivity contribution in [3.8, 4) is 16.8 Å². The molecule has 1 aromatic heterocycles. The third kappa shape index (κ3) is 5.74. The number of hydrogen-bond donors (Lipinski definition) is 0. The lowest BCUT2D eigenvalue weighted by molar-refractivity contribution is 0.589. The fourth-order valence-electron chi connectivity index (χ4n) is 6.77. The minimum atomic E-state index is 0.0768. The molecule has 6 aromatic rings. The Labute approximate surface area is 280 Å². The first-order chi connectivity index (χ1) is 22.5. The van der Waals surface area contributed by atoms with Crippen LogP contribution in [0, 0.1) is 0 Å². The Morgan fingerprint density at radius 1 is 0.574 bits per heavy atom. The molecule has 2 nitrogen and oxygen atoms in total. The van der Waals surface area contributed by atoms with Crippen LogP contribution in [0.2, 0.25) is 0 Å². The van der Waals surface area contributed by atoms with E-state index in [1.165, 1.54) is 55.3 Å². The number of benzene rings is 5. The van der Waals surface area contributed by atoms with Gasteiger partial charge in [0.1, 0.15) is 0 Å². The lowest BCUT2D eigenvalue weighted by Gasteiger charge is -2.29. The molecule has 0 unspecified atom stereocenters. The number of anilines is 2. The molecule has 0 atom stereocenters. The van der Waals surface area contributed by atoms with Crippen molar-refractivity contribution in [1.29, 1.82) is 0 Å². The first-order valence-corrected chi connectivity index (χ1v) is 16.7. The molecule has 1 aliphatic rings. The van der Waals surface area contributed by atoms with Gasteiger partial charge in [-0.15, -0.1) is 0 Å². The van der Waals surface area contributed by atoms with Crippen LogP contribution in [-0.4, -0.2) is 4.57 Å². The Hall–Kier alpha value is -5.08. The van der Waals surface area contributed by atoms with E-state index in [1.54, 1.807) is 0 Å². The van der Waals surface area contributed by atoms with Crippen LogP contribution >= 0.6 is 0 Å². The predicted octanol–water partition coefficient (Wildman–Crippen LogP) is 12.4. The first kappa shape index (κ1) is 30.6. The van der Waals surface area contributed by atoms with Gasteiger partial charge in [-0.3, -0.25) is 0 Å². The van der Waals surface area contributed by atoms with Crippen LogP contribution < -0.4 is 4.90 Å². The fraction of sp³-hybridized carbons (Fsp3) is 0.200. The first-order valence-electron chi connectivity index (χ1n) is 16.7. The van der Waals surface area contributed by atoms with E-state index in [0.717, 1.165) is 23.5 Å². The molecule has 0 amide bonds. The molecular formula is C45H44N2. The number of aromatic nitrogens is 1. The second-order valence-electron chi connectivity index (χ2n) is 14.8. The van der Waals surface area contributed by atoms with Gasteiger partial charge in [0.05, 0.1) is 11.0 Å². The highest BCUT2D eigenvalue weighted by Crippen LogP contribution is 2.39. The molecule has 0 bridgehead atoms. The van der Waals surface area contributed by atoms with Gasteiger partial charge in [-0.1, -0.05) is 127 Å². The summed E-state index contributed by atoms with van der Waals surface area (Å²) in [6.07, 6.45) is 9.42. The zero-order valence-electron chi connectivity index (χ0n) is 28.5. The number of nitrogens with zero attached hydrogens (tertiary/aromatic N) is 2. The van der Waals surface area contributed by atoms with Gasteiger partial charge in [-0.05, 0) is 99.7 Å². The molecule has 1 aliphatic heterocycles. The van der Waals surface area contributed by atoms with Crippen LogP contribution in [0.1, 0.15) is 58.2 Å². The van der Waals surface area contributed by atoms with Gasteiger partial charge < -0.3 is 9.47 Å². The third-order valence-corrected chi connectivity index (χ3v) is 9.43. The normalized spacial score (nSPS) is 15.3. The molecule has 2 heterocycles. The quantitative estimate of drug-likeness (QED) is 0.193. The van der Waals surface area contributed by atoms with Gasteiger partial charge in [0, 0.05) is 33.5 Å². The summed E-state index contributed by atoms with van der Waals surface area (Å²) in [5.41, 5.74) is 13.3. The van der Waals surface area contributed by atoms with E-state index in [9.17, 15) is 0 Å². The number of para-hydroxylation sites is 1. The van der Waals surface area contributed by atoms with Crippen molar-refractivity contribution in [1.82, 2.24) is 4.57 Å². The third-order valence-electron chi connectivity index (χ3n) is 9.43. The number of rotatable bonds is 3. The van der Waals surface area contributed by atoms with Crippen LogP contribution in [0.4, 0.5) is 11.4 Å². The van der Waals surface area contributed by atoms with E-state index in [0.29, 0.717) is 0 Å². The van der Waals surface area contributed by atoms with Crippen LogP contribution in [-0.2, 0) is 17.3 Å². The van der Waals surface area contributed by atoms with E-state index >= 15 is 0 Å². The van der Waals surface area contributed by atoms with E-state index < -0.39 is 0 Å². The predicted molar refractivity (Wildman–Crippen MR) is 203 cm³/mol. The van der Waals surface area contributed by atoms with Crippen molar-refractivity contribution in [3.63, 3.8) is 0 Å². The Morgan fingerprint density at radius 2 is 1.21 bits per heavy atom. The van der Waals surface area contributed by atoms with Gasteiger partial charge in [0.15, 0.2) is 0 Å². The van der Waals surface area contributed by atoms with Crippen molar-refractivity contribution < 1.29 is 0 Å². The minimum absolute atomic E-state index is 0.0768. The largest absolute Gasteiger partial charge is 0.311 e. The summed E-state index contributed by atoms with van der Waals surface area (Å²) < 4.78 is 2.41. The Bertz CT molecular complexity index is 2210. The Balaban J connectivity index is 1.34. The molecular weight excluding hydrogens is 569 g/mol. The highest BCUT2D eigenvalue weighted by atomic mass is 15.1. The molecule has 0 radical (unpaired) electrons. The van der Waals surface area contributed by atoms with Crippen molar-refractivity contribution in [2.45, 2.75) is 58.8 Å². The molecule has 2 heteroatoms. The summed E-state index contributed by atoms with van der Waals surface area (Å²) >= 11 is 0. The molecule has 0 saturated heterocycles. The maximum absolute atomic E-state index is 4.52. The van der Waals surface area contributed by atoms with Crippen molar-refractivity contribution in [3.05, 3.63) is 162 Å². The Morgan fingerprint density at radius 3 is 1.96 bits per heavy atom. The SMILES string of the molecule is C=C1/C=C\C=C/Cc2cc(C(C)(C)C)ccc2N1c1cccc(-c2cccc(-n3c4ccccc4c4cc(C(C)(C)C)ccc43)c2)c1. The average molecular weight is 613 g/mol. The highest BCUT2D eigenvalue weighted by Gasteiger charge is 2.21. The van der Waals surface area contributed by atoms with Gasteiger partial charge in [0.2, 0.25) is 0 Å². The van der Waals surface area contributed by atoms with Gasteiger partial charge in [-0.2, -0.15) is 0 Å². The second-order valence-corrected chi connectivity index (χ2v) is 14.8. The maximum Gasteiger partial charge on any atom is 0.0541 e. The summed E-state index contributed by atoms with van der Waals surface area (Å²) in [5.74, 6) is 0. The molecule has 5 aromatic carbocycles. The molecule has 0 spiro atoms. The van der Waals surface area contributed by atoms with Crippen molar-refractivity contribution >= 4 is 33.2 Å². The number of hydrogen-bond acceptors (Lipinski definition) is 1. The number of allylic oxidation sites excluding steroid dienone is 4.